The molecule has 2 aromatic carbocycles. The third-order valence-electron chi connectivity index (χ3n) is 5.57. The van der Waals surface area contributed by atoms with Gasteiger partial charge in [0.25, 0.3) is 0 Å². The summed E-state index contributed by atoms with van der Waals surface area (Å²) < 4.78 is 39.4. The average molecular weight is 444 g/mol. The topological polar surface area (TPSA) is 115 Å². The molecule has 9 heteroatoms. The highest BCUT2D eigenvalue weighted by Gasteiger charge is 2.27. The number of sulfone groups is 1. The van der Waals surface area contributed by atoms with Gasteiger partial charge in [-0.05, 0) is 30.7 Å². The first-order valence-corrected chi connectivity index (χ1v) is 11.9. The van der Waals surface area contributed by atoms with E-state index in [9.17, 15) is 12.8 Å². The van der Waals surface area contributed by atoms with Gasteiger partial charge in [-0.25, -0.2) is 22.8 Å². The molecule has 0 saturated carbocycles. The number of fused-ring (bicyclic) bond motifs is 2. The monoisotopic (exact) mass is 443 g/mol. The number of aryl methyl sites for hydroxylation is 1. The van der Waals surface area contributed by atoms with Crippen molar-refractivity contribution in [2.45, 2.75) is 37.0 Å². The fourth-order valence-electron chi connectivity index (χ4n) is 3.89. The van der Waals surface area contributed by atoms with E-state index >= 15 is 0 Å². The summed E-state index contributed by atoms with van der Waals surface area (Å²) in [5.74, 6) is 0.345. The van der Waals surface area contributed by atoms with E-state index in [1.165, 1.54) is 0 Å². The minimum absolute atomic E-state index is 0.0412. The average Bonchev–Trinajstić information content (AvgIpc) is 2.89. The third kappa shape index (κ3) is 4.39. The maximum Gasteiger partial charge on any atom is 0.226 e. The standard InChI is InChI=1S/C22H26FN5O2S/c1-14-6-7-19-17(10-14)21(18(25)11-16(23)12-24)27-22(26-19)28-8-9-31(29,30)20-5-3-2-4-15(20)13-28/h2-7,10,16,18H,8-9,11-13,24-25H2,1H3. The Bertz CT molecular complexity index is 1220. The van der Waals surface area contributed by atoms with Crippen LogP contribution in [0.4, 0.5) is 10.3 Å². The lowest BCUT2D eigenvalue weighted by Gasteiger charge is -2.23. The van der Waals surface area contributed by atoms with Crippen LogP contribution in [-0.2, 0) is 16.4 Å². The molecule has 7 nitrogen and oxygen atoms in total. The quantitative estimate of drug-likeness (QED) is 0.622. The number of hydrogen-bond donors (Lipinski definition) is 2. The molecule has 1 aliphatic rings. The molecule has 0 bridgehead atoms. The molecule has 0 amide bonds. The maximum absolute atomic E-state index is 14.0. The molecule has 31 heavy (non-hydrogen) atoms. The van der Waals surface area contributed by atoms with Gasteiger partial charge in [-0.2, -0.15) is 0 Å². The van der Waals surface area contributed by atoms with Crippen LogP contribution in [0.15, 0.2) is 47.4 Å². The van der Waals surface area contributed by atoms with E-state index in [4.69, 9.17) is 21.4 Å². The van der Waals surface area contributed by atoms with Gasteiger partial charge in [0.2, 0.25) is 5.95 Å². The molecule has 2 atom stereocenters. The molecule has 0 radical (unpaired) electrons. The van der Waals surface area contributed by atoms with E-state index in [0.717, 1.165) is 10.9 Å². The van der Waals surface area contributed by atoms with Crippen LogP contribution in [0.2, 0.25) is 0 Å². The van der Waals surface area contributed by atoms with Crippen molar-refractivity contribution in [1.29, 1.82) is 0 Å². The van der Waals surface area contributed by atoms with Crippen LogP contribution < -0.4 is 16.4 Å². The number of hydrogen-bond acceptors (Lipinski definition) is 7. The number of nitrogens with zero attached hydrogens (tertiary/aromatic N) is 3. The van der Waals surface area contributed by atoms with Crippen LogP contribution in [0.5, 0.6) is 0 Å². The minimum atomic E-state index is -3.40. The number of halogens is 1. The van der Waals surface area contributed by atoms with Gasteiger partial charge in [0.1, 0.15) is 6.17 Å². The number of nitrogens with two attached hydrogens (primary N) is 2. The van der Waals surface area contributed by atoms with Crippen LogP contribution in [0.1, 0.15) is 29.3 Å². The van der Waals surface area contributed by atoms with Crippen molar-refractivity contribution in [3.05, 3.63) is 59.3 Å². The molecule has 0 aliphatic carbocycles. The Morgan fingerprint density at radius 3 is 2.74 bits per heavy atom. The van der Waals surface area contributed by atoms with E-state index in [0.29, 0.717) is 34.2 Å². The molecule has 2 unspecified atom stereocenters. The minimum Gasteiger partial charge on any atom is -0.335 e. The smallest absolute Gasteiger partial charge is 0.226 e. The molecule has 1 aliphatic heterocycles. The second kappa shape index (κ2) is 8.49. The van der Waals surface area contributed by atoms with Crippen LogP contribution in [-0.4, -0.2) is 43.4 Å². The zero-order valence-electron chi connectivity index (χ0n) is 17.3. The maximum atomic E-state index is 14.0. The van der Waals surface area contributed by atoms with Crippen LogP contribution in [0.3, 0.4) is 0 Å². The van der Waals surface area contributed by atoms with Crippen molar-refractivity contribution in [3.63, 3.8) is 0 Å². The summed E-state index contributed by atoms with van der Waals surface area (Å²) in [4.78, 5) is 11.6. The summed E-state index contributed by atoms with van der Waals surface area (Å²) in [5.41, 5.74) is 14.7. The number of rotatable bonds is 5. The van der Waals surface area contributed by atoms with E-state index in [1.807, 2.05) is 36.1 Å². The van der Waals surface area contributed by atoms with Crippen LogP contribution in [0.25, 0.3) is 10.9 Å². The third-order valence-corrected chi connectivity index (χ3v) is 7.36. The summed E-state index contributed by atoms with van der Waals surface area (Å²) in [6.07, 6.45) is -1.18. The summed E-state index contributed by atoms with van der Waals surface area (Å²) in [6.45, 7) is 2.45. The Labute approximate surface area is 181 Å². The normalized spacial score (nSPS) is 17.7. The van der Waals surface area contributed by atoms with E-state index in [1.54, 1.807) is 18.2 Å². The Morgan fingerprint density at radius 1 is 1.19 bits per heavy atom. The molecule has 4 rings (SSSR count). The SMILES string of the molecule is Cc1ccc2nc(N3CCS(=O)(=O)c4ccccc4C3)nc(C(N)CC(F)CN)c2c1. The summed E-state index contributed by atoms with van der Waals surface area (Å²) in [6, 6.07) is 12.1. The molecule has 0 fully saturated rings. The fourth-order valence-corrected chi connectivity index (χ4v) is 5.39. The van der Waals surface area contributed by atoms with Crippen LogP contribution in [0, 0.1) is 6.92 Å². The van der Waals surface area contributed by atoms with Gasteiger partial charge in [-0.3, -0.25) is 0 Å². The Hall–Kier alpha value is -2.62. The van der Waals surface area contributed by atoms with Crippen molar-refractivity contribution < 1.29 is 12.8 Å². The van der Waals surface area contributed by atoms with Gasteiger partial charge in [-0.15, -0.1) is 0 Å². The van der Waals surface area contributed by atoms with Gasteiger partial charge >= 0.3 is 0 Å². The Balaban J connectivity index is 1.80. The molecule has 4 N–H and O–H groups in total. The zero-order chi connectivity index (χ0) is 22.2. The van der Waals surface area contributed by atoms with Gasteiger partial charge in [0.05, 0.1) is 27.9 Å². The first-order chi connectivity index (χ1) is 14.8. The summed E-state index contributed by atoms with van der Waals surface area (Å²) >= 11 is 0. The number of aromatic nitrogens is 2. The Morgan fingerprint density at radius 2 is 1.97 bits per heavy atom. The summed E-state index contributed by atoms with van der Waals surface area (Å²) in [7, 11) is -3.40. The number of benzene rings is 2. The lowest BCUT2D eigenvalue weighted by molar-refractivity contribution is 0.302. The zero-order valence-corrected chi connectivity index (χ0v) is 18.1. The van der Waals surface area contributed by atoms with Crippen molar-refractivity contribution in [1.82, 2.24) is 9.97 Å². The largest absolute Gasteiger partial charge is 0.335 e. The lowest BCUT2D eigenvalue weighted by Crippen LogP contribution is -2.29. The molecular weight excluding hydrogens is 417 g/mol. The predicted octanol–water partition coefficient (Wildman–Crippen LogP) is 2.42. The molecule has 3 aromatic rings. The van der Waals surface area contributed by atoms with E-state index in [2.05, 4.69) is 0 Å². The first kappa shape index (κ1) is 21.6. The van der Waals surface area contributed by atoms with E-state index < -0.39 is 22.1 Å². The lowest BCUT2D eigenvalue weighted by atomic mass is 10.0. The van der Waals surface area contributed by atoms with E-state index in [-0.39, 0.29) is 25.3 Å². The Kier molecular flexibility index (Phi) is 5.92. The second-order valence-electron chi connectivity index (χ2n) is 7.95. The molecule has 164 valence electrons. The second-order valence-corrected chi connectivity index (χ2v) is 10.0. The van der Waals surface area contributed by atoms with Gasteiger partial charge in [0.15, 0.2) is 9.84 Å². The highest BCUT2D eigenvalue weighted by atomic mass is 32.2. The molecule has 0 spiro atoms. The predicted molar refractivity (Wildman–Crippen MR) is 119 cm³/mol. The number of alkyl halides is 1. The van der Waals surface area contributed by atoms with Crippen molar-refractivity contribution in [2.24, 2.45) is 11.5 Å². The fraction of sp³-hybridized carbons (Fsp3) is 0.364. The van der Waals surface area contributed by atoms with Gasteiger partial charge < -0.3 is 16.4 Å². The van der Waals surface area contributed by atoms with Gasteiger partial charge in [-0.1, -0.05) is 29.8 Å². The van der Waals surface area contributed by atoms with Crippen molar-refractivity contribution in [3.8, 4) is 0 Å². The molecule has 0 saturated heterocycles. The molecular formula is C22H26FN5O2S. The van der Waals surface area contributed by atoms with Gasteiger partial charge in [0, 0.05) is 31.4 Å². The van der Waals surface area contributed by atoms with Crippen LogP contribution >= 0.6 is 0 Å². The first-order valence-electron chi connectivity index (χ1n) is 10.2. The van der Waals surface area contributed by atoms with Crippen molar-refractivity contribution >= 4 is 26.7 Å². The summed E-state index contributed by atoms with van der Waals surface area (Å²) in [5, 5.41) is 0.767. The number of anilines is 1. The van der Waals surface area contributed by atoms with Crippen molar-refractivity contribution in [2.75, 3.05) is 23.7 Å². The molecule has 2 heterocycles. The molecule has 1 aromatic heterocycles. The highest BCUT2D eigenvalue weighted by molar-refractivity contribution is 7.91. The highest BCUT2D eigenvalue weighted by Crippen LogP contribution is 2.29.